The molecule has 1 N–H and O–H groups in total. The maximum Gasteiger partial charge on any atom is 0.338 e. The predicted molar refractivity (Wildman–Crippen MR) is 72.5 cm³/mol. The van der Waals surface area contributed by atoms with Gasteiger partial charge in [-0.15, -0.1) is 0 Å². The molecule has 100 valence electrons. The highest BCUT2D eigenvalue weighted by Gasteiger charge is 2.22. The van der Waals surface area contributed by atoms with Crippen molar-refractivity contribution >= 4 is 11.7 Å². The standard InChI is InChI=1S/C15H17NO3/c17-15(12-8-4-3-5-9-12)19-14-11-7-2-1-6-10-13(14)16-18/h1-5,8-9,14,18H,6-7,10-11H2/b2-1?,16-13-/t14-/m1/s1. The summed E-state index contributed by atoms with van der Waals surface area (Å²) in [6, 6.07) is 8.84. The van der Waals surface area contributed by atoms with E-state index in [0.29, 0.717) is 24.1 Å². The Kier molecular flexibility index (Phi) is 4.72. The molecule has 1 atom stereocenters. The highest BCUT2D eigenvalue weighted by atomic mass is 16.5. The lowest BCUT2D eigenvalue weighted by Gasteiger charge is -2.19. The summed E-state index contributed by atoms with van der Waals surface area (Å²) in [5.41, 5.74) is 1.05. The van der Waals surface area contributed by atoms with E-state index in [1.54, 1.807) is 24.3 Å². The molecular formula is C15H17NO3. The second-order valence-corrected chi connectivity index (χ2v) is 4.44. The van der Waals surface area contributed by atoms with Gasteiger partial charge >= 0.3 is 5.97 Å². The lowest BCUT2D eigenvalue weighted by atomic mass is 10.0. The van der Waals surface area contributed by atoms with Crippen LogP contribution in [0.2, 0.25) is 0 Å². The number of esters is 1. The number of rotatable bonds is 2. The van der Waals surface area contributed by atoms with Gasteiger partial charge in [-0.1, -0.05) is 35.5 Å². The zero-order valence-electron chi connectivity index (χ0n) is 10.7. The second kappa shape index (κ2) is 6.73. The molecule has 0 unspecified atom stereocenters. The van der Waals surface area contributed by atoms with E-state index in [1.165, 1.54) is 0 Å². The van der Waals surface area contributed by atoms with Gasteiger partial charge in [0.05, 0.1) is 11.3 Å². The van der Waals surface area contributed by atoms with Crippen LogP contribution in [0.15, 0.2) is 47.6 Å². The van der Waals surface area contributed by atoms with Crippen LogP contribution in [-0.2, 0) is 4.74 Å². The molecule has 0 spiro atoms. The minimum absolute atomic E-state index is 0.378. The Bertz CT molecular complexity index is 479. The number of hydrogen-bond acceptors (Lipinski definition) is 4. The Labute approximate surface area is 112 Å². The third-order valence-corrected chi connectivity index (χ3v) is 3.09. The first-order chi connectivity index (χ1) is 9.31. The number of oxime groups is 1. The van der Waals surface area contributed by atoms with E-state index in [1.807, 2.05) is 6.07 Å². The van der Waals surface area contributed by atoms with E-state index < -0.39 is 6.10 Å². The molecule has 0 fully saturated rings. The van der Waals surface area contributed by atoms with Gasteiger partial charge in [0.2, 0.25) is 0 Å². The lowest BCUT2D eigenvalue weighted by Crippen LogP contribution is -2.28. The molecule has 0 heterocycles. The molecule has 4 nitrogen and oxygen atoms in total. The number of nitrogens with zero attached hydrogens (tertiary/aromatic N) is 1. The van der Waals surface area contributed by atoms with Gasteiger partial charge in [0.25, 0.3) is 0 Å². The highest BCUT2D eigenvalue weighted by Crippen LogP contribution is 2.15. The van der Waals surface area contributed by atoms with Crippen LogP contribution < -0.4 is 0 Å². The Hall–Kier alpha value is -2.10. The number of carbonyl (C=O) groups excluding carboxylic acids is 1. The Balaban J connectivity index is 2.07. The van der Waals surface area contributed by atoms with Gasteiger partial charge in [-0.3, -0.25) is 0 Å². The number of ether oxygens (including phenoxy) is 1. The SMILES string of the molecule is O=C(O[C@@H]1CCC=CCC/C1=N/O)c1ccccc1. The lowest BCUT2D eigenvalue weighted by molar-refractivity contribution is 0.0406. The van der Waals surface area contributed by atoms with E-state index >= 15 is 0 Å². The fourth-order valence-corrected chi connectivity index (χ4v) is 2.05. The quantitative estimate of drug-likeness (QED) is 0.384. The zero-order valence-corrected chi connectivity index (χ0v) is 10.7. The zero-order chi connectivity index (χ0) is 13.5. The summed E-state index contributed by atoms with van der Waals surface area (Å²) < 4.78 is 5.45. The Morgan fingerprint density at radius 3 is 2.68 bits per heavy atom. The van der Waals surface area contributed by atoms with Crippen molar-refractivity contribution < 1.29 is 14.7 Å². The Morgan fingerprint density at radius 2 is 1.95 bits per heavy atom. The molecule has 19 heavy (non-hydrogen) atoms. The number of allylic oxidation sites excluding steroid dienone is 2. The first kappa shape index (κ1) is 13.3. The first-order valence-electron chi connectivity index (χ1n) is 6.43. The van der Waals surface area contributed by atoms with Crippen LogP contribution in [0.4, 0.5) is 0 Å². The summed E-state index contributed by atoms with van der Waals surface area (Å²) >= 11 is 0. The maximum atomic E-state index is 12.0. The third-order valence-electron chi connectivity index (χ3n) is 3.09. The molecule has 0 aromatic heterocycles. The first-order valence-corrected chi connectivity index (χ1v) is 6.43. The highest BCUT2D eigenvalue weighted by molar-refractivity contribution is 5.94. The van der Waals surface area contributed by atoms with E-state index in [-0.39, 0.29) is 5.97 Å². The third kappa shape index (κ3) is 3.68. The van der Waals surface area contributed by atoms with Crippen molar-refractivity contribution in [2.45, 2.75) is 31.8 Å². The summed E-state index contributed by atoms with van der Waals surface area (Å²) in [5, 5.41) is 12.3. The maximum absolute atomic E-state index is 12.0. The predicted octanol–water partition coefficient (Wildman–Crippen LogP) is 3.17. The molecule has 0 saturated heterocycles. The normalized spacial score (nSPS) is 21.7. The van der Waals surface area contributed by atoms with Crippen molar-refractivity contribution in [3.8, 4) is 0 Å². The Morgan fingerprint density at radius 1 is 1.21 bits per heavy atom. The summed E-state index contributed by atoms with van der Waals surface area (Å²) in [7, 11) is 0. The molecule has 1 aliphatic carbocycles. The van der Waals surface area contributed by atoms with Crippen molar-refractivity contribution in [2.75, 3.05) is 0 Å². The van der Waals surface area contributed by atoms with Gasteiger partial charge in [-0.25, -0.2) is 4.79 Å². The van der Waals surface area contributed by atoms with Crippen LogP contribution in [0.25, 0.3) is 0 Å². The molecular weight excluding hydrogens is 242 g/mol. The van der Waals surface area contributed by atoms with E-state index in [2.05, 4.69) is 17.3 Å². The minimum Gasteiger partial charge on any atom is -0.452 e. The van der Waals surface area contributed by atoms with Gasteiger partial charge in [-0.05, 0) is 37.8 Å². The van der Waals surface area contributed by atoms with Gasteiger partial charge < -0.3 is 9.94 Å². The van der Waals surface area contributed by atoms with E-state index in [0.717, 1.165) is 12.8 Å². The van der Waals surface area contributed by atoms with Crippen molar-refractivity contribution in [3.63, 3.8) is 0 Å². The molecule has 1 aliphatic rings. The molecule has 0 aliphatic heterocycles. The van der Waals surface area contributed by atoms with Gasteiger partial charge in [0.15, 0.2) is 0 Å². The summed E-state index contributed by atoms with van der Waals surface area (Å²) in [6.45, 7) is 0. The molecule has 1 aromatic carbocycles. The van der Waals surface area contributed by atoms with Crippen molar-refractivity contribution in [1.82, 2.24) is 0 Å². The average Bonchev–Trinajstić information content (AvgIpc) is 2.43. The number of benzene rings is 1. The molecule has 1 aromatic rings. The average molecular weight is 259 g/mol. The van der Waals surface area contributed by atoms with Crippen molar-refractivity contribution in [1.29, 1.82) is 0 Å². The van der Waals surface area contributed by atoms with Crippen molar-refractivity contribution in [3.05, 3.63) is 48.0 Å². The monoisotopic (exact) mass is 259 g/mol. The van der Waals surface area contributed by atoms with Crippen LogP contribution in [0.1, 0.15) is 36.0 Å². The summed E-state index contributed by atoms with van der Waals surface area (Å²) in [4.78, 5) is 12.0. The van der Waals surface area contributed by atoms with Gasteiger partial charge in [0.1, 0.15) is 6.10 Å². The van der Waals surface area contributed by atoms with Crippen LogP contribution in [-0.4, -0.2) is 23.0 Å². The van der Waals surface area contributed by atoms with Crippen LogP contribution in [0.3, 0.4) is 0 Å². The largest absolute Gasteiger partial charge is 0.452 e. The second-order valence-electron chi connectivity index (χ2n) is 4.44. The molecule has 0 bridgehead atoms. The molecule has 4 heteroatoms. The van der Waals surface area contributed by atoms with Crippen molar-refractivity contribution in [2.24, 2.45) is 5.16 Å². The summed E-state index contributed by atoms with van der Waals surface area (Å²) in [5.74, 6) is -0.378. The molecule has 2 rings (SSSR count). The van der Waals surface area contributed by atoms with Gasteiger partial charge in [-0.2, -0.15) is 0 Å². The van der Waals surface area contributed by atoms with E-state index in [4.69, 9.17) is 9.94 Å². The number of carbonyl (C=O) groups is 1. The van der Waals surface area contributed by atoms with E-state index in [9.17, 15) is 4.79 Å². The molecule has 0 saturated carbocycles. The van der Waals surface area contributed by atoms with Crippen LogP contribution in [0, 0.1) is 0 Å². The minimum atomic E-state index is -0.442. The fourth-order valence-electron chi connectivity index (χ4n) is 2.05. The van der Waals surface area contributed by atoms with Crippen LogP contribution in [0.5, 0.6) is 0 Å². The van der Waals surface area contributed by atoms with Gasteiger partial charge in [0, 0.05) is 0 Å². The summed E-state index contributed by atoms with van der Waals surface area (Å²) in [6.07, 6.45) is 6.55. The molecule has 0 radical (unpaired) electrons. The smallest absolute Gasteiger partial charge is 0.338 e. The topological polar surface area (TPSA) is 58.9 Å². The molecule has 0 amide bonds. The number of hydrogen-bond donors (Lipinski definition) is 1. The van der Waals surface area contributed by atoms with Crippen LogP contribution >= 0.6 is 0 Å². The fraction of sp³-hybridized carbons (Fsp3) is 0.333.